The third-order valence-corrected chi connectivity index (χ3v) is 2.09. The summed E-state index contributed by atoms with van der Waals surface area (Å²) >= 11 is 5.61. The second-order valence-corrected chi connectivity index (χ2v) is 3.28. The molecule has 1 aromatic heterocycles. The minimum Gasteiger partial charge on any atom is -0.469 e. The smallest absolute Gasteiger partial charge is 0.433 e. The van der Waals surface area contributed by atoms with Crippen LogP contribution in [-0.2, 0) is 22.1 Å². The molecule has 1 heterocycles. The minimum atomic E-state index is -4.56. The molecule has 0 fully saturated rings. The summed E-state index contributed by atoms with van der Waals surface area (Å²) in [4.78, 5) is 14.2. The molecule has 0 saturated heterocycles. The van der Waals surface area contributed by atoms with Gasteiger partial charge in [0.1, 0.15) is 5.69 Å². The van der Waals surface area contributed by atoms with Crippen molar-refractivity contribution in [2.24, 2.45) is 0 Å². The van der Waals surface area contributed by atoms with Crippen molar-refractivity contribution in [2.45, 2.75) is 12.6 Å². The monoisotopic (exact) mass is 253 g/mol. The first-order chi connectivity index (χ1) is 7.34. The number of halogens is 4. The van der Waals surface area contributed by atoms with Crippen molar-refractivity contribution < 1.29 is 22.7 Å². The maximum Gasteiger partial charge on any atom is 0.433 e. The number of alkyl halides is 3. The van der Waals surface area contributed by atoms with Crippen LogP contribution in [0.4, 0.5) is 13.2 Å². The van der Waals surface area contributed by atoms with E-state index in [1.54, 1.807) is 0 Å². The number of carbonyl (C=O) groups excluding carboxylic acids is 1. The molecule has 3 nitrogen and oxygen atoms in total. The fourth-order valence-corrected chi connectivity index (χ4v) is 1.15. The van der Waals surface area contributed by atoms with Gasteiger partial charge < -0.3 is 4.74 Å². The first-order valence-electron chi connectivity index (χ1n) is 4.14. The molecule has 0 aliphatic carbocycles. The van der Waals surface area contributed by atoms with E-state index in [4.69, 9.17) is 11.6 Å². The quantitative estimate of drug-likeness (QED) is 0.760. The fourth-order valence-electron chi connectivity index (χ4n) is 0.975. The van der Waals surface area contributed by atoms with Gasteiger partial charge in [0.05, 0.1) is 24.2 Å². The summed E-state index contributed by atoms with van der Waals surface area (Å²) in [6.45, 7) is 0. The Balaban J connectivity index is 3.04. The second-order valence-electron chi connectivity index (χ2n) is 2.88. The van der Waals surface area contributed by atoms with Gasteiger partial charge in [-0.2, -0.15) is 13.2 Å². The van der Waals surface area contributed by atoms with Crippen LogP contribution in [0.15, 0.2) is 12.1 Å². The molecule has 0 spiro atoms. The average Bonchev–Trinajstić information content (AvgIpc) is 2.19. The highest BCUT2D eigenvalue weighted by atomic mass is 35.5. The normalized spacial score (nSPS) is 11.3. The molecule has 0 aliphatic rings. The van der Waals surface area contributed by atoms with Crippen LogP contribution in [0.25, 0.3) is 0 Å². The van der Waals surface area contributed by atoms with Crippen molar-refractivity contribution >= 4 is 17.6 Å². The highest BCUT2D eigenvalue weighted by molar-refractivity contribution is 6.31. The topological polar surface area (TPSA) is 39.2 Å². The number of hydrogen-bond acceptors (Lipinski definition) is 3. The van der Waals surface area contributed by atoms with Gasteiger partial charge in [-0.3, -0.25) is 4.79 Å². The summed E-state index contributed by atoms with van der Waals surface area (Å²) in [5.41, 5.74) is -1.24. The van der Waals surface area contributed by atoms with Crippen molar-refractivity contribution in [1.29, 1.82) is 0 Å². The maximum absolute atomic E-state index is 12.3. The van der Waals surface area contributed by atoms with Crippen molar-refractivity contribution in [1.82, 2.24) is 4.98 Å². The lowest BCUT2D eigenvalue weighted by molar-refractivity contribution is -0.142. The molecular weight excluding hydrogens is 247 g/mol. The number of pyridine rings is 1. The van der Waals surface area contributed by atoms with Crippen molar-refractivity contribution in [2.75, 3.05) is 7.11 Å². The minimum absolute atomic E-state index is 0.00148. The average molecular weight is 254 g/mol. The predicted octanol–water partition coefficient (Wildman–Crippen LogP) is 2.47. The Labute approximate surface area is 94.2 Å². The molecule has 0 atom stereocenters. The van der Waals surface area contributed by atoms with Crippen LogP contribution in [0.3, 0.4) is 0 Å². The molecule has 1 aromatic rings. The fraction of sp³-hybridized carbons (Fsp3) is 0.333. The van der Waals surface area contributed by atoms with Crippen LogP contribution in [-0.4, -0.2) is 18.1 Å². The van der Waals surface area contributed by atoms with Gasteiger partial charge in [-0.25, -0.2) is 4.98 Å². The Morgan fingerprint density at radius 3 is 2.62 bits per heavy atom. The van der Waals surface area contributed by atoms with E-state index in [-0.39, 0.29) is 17.1 Å². The Morgan fingerprint density at radius 2 is 2.12 bits per heavy atom. The number of carbonyl (C=O) groups is 1. The Morgan fingerprint density at radius 1 is 1.50 bits per heavy atom. The van der Waals surface area contributed by atoms with E-state index in [9.17, 15) is 18.0 Å². The zero-order valence-electron chi connectivity index (χ0n) is 8.14. The number of hydrogen-bond donors (Lipinski definition) is 0. The van der Waals surface area contributed by atoms with Crippen LogP contribution in [0, 0.1) is 0 Å². The third-order valence-electron chi connectivity index (χ3n) is 1.75. The zero-order valence-corrected chi connectivity index (χ0v) is 8.89. The molecule has 16 heavy (non-hydrogen) atoms. The lowest BCUT2D eigenvalue weighted by Crippen LogP contribution is -2.12. The largest absolute Gasteiger partial charge is 0.469 e. The number of ether oxygens (including phenoxy) is 1. The van der Waals surface area contributed by atoms with Crippen molar-refractivity contribution in [3.8, 4) is 0 Å². The molecule has 0 aliphatic heterocycles. The van der Waals surface area contributed by atoms with Crippen LogP contribution in [0.1, 0.15) is 11.4 Å². The van der Waals surface area contributed by atoms with Gasteiger partial charge in [-0.15, -0.1) is 0 Å². The molecule has 0 saturated carbocycles. The Hall–Kier alpha value is -1.30. The summed E-state index contributed by atoms with van der Waals surface area (Å²) in [5.74, 6) is -0.700. The number of nitrogens with zero attached hydrogens (tertiary/aromatic N) is 1. The zero-order chi connectivity index (χ0) is 12.3. The van der Waals surface area contributed by atoms with Crippen LogP contribution in [0.2, 0.25) is 5.02 Å². The van der Waals surface area contributed by atoms with E-state index in [2.05, 4.69) is 9.72 Å². The summed E-state index contributed by atoms with van der Waals surface area (Å²) in [7, 11) is 1.13. The summed E-state index contributed by atoms with van der Waals surface area (Å²) in [6, 6.07) is 1.80. The third kappa shape index (κ3) is 3.10. The SMILES string of the molecule is COC(=O)Cc1nc(C(F)(F)F)ccc1Cl. The van der Waals surface area contributed by atoms with Crippen LogP contribution in [0.5, 0.6) is 0 Å². The van der Waals surface area contributed by atoms with Gasteiger partial charge in [-0.1, -0.05) is 11.6 Å². The lowest BCUT2D eigenvalue weighted by atomic mass is 10.2. The predicted molar refractivity (Wildman–Crippen MR) is 50.0 cm³/mol. The Kier molecular flexibility index (Phi) is 3.74. The number of esters is 1. The first-order valence-corrected chi connectivity index (χ1v) is 4.52. The van der Waals surface area contributed by atoms with Gasteiger partial charge in [0.15, 0.2) is 0 Å². The highest BCUT2D eigenvalue weighted by Crippen LogP contribution is 2.29. The Bertz CT molecular complexity index is 406. The lowest BCUT2D eigenvalue weighted by Gasteiger charge is -2.08. The van der Waals surface area contributed by atoms with Gasteiger partial charge in [0.2, 0.25) is 0 Å². The number of methoxy groups -OCH3 is 1. The highest BCUT2D eigenvalue weighted by Gasteiger charge is 2.33. The van der Waals surface area contributed by atoms with E-state index in [0.717, 1.165) is 19.2 Å². The van der Waals surface area contributed by atoms with Crippen LogP contribution < -0.4 is 0 Å². The van der Waals surface area contributed by atoms with E-state index >= 15 is 0 Å². The first kappa shape index (κ1) is 12.8. The molecule has 0 radical (unpaired) electrons. The van der Waals surface area contributed by atoms with Crippen molar-refractivity contribution in [3.05, 3.63) is 28.5 Å². The molecule has 88 valence electrons. The number of rotatable bonds is 2. The van der Waals surface area contributed by atoms with E-state index < -0.39 is 17.8 Å². The number of aromatic nitrogens is 1. The molecule has 7 heteroatoms. The van der Waals surface area contributed by atoms with Gasteiger partial charge in [-0.05, 0) is 12.1 Å². The molecule has 0 amide bonds. The van der Waals surface area contributed by atoms with E-state index in [0.29, 0.717) is 0 Å². The molecule has 0 bridgehead atoms. The summed E-state index contributed by atoms with van der Waals surface area (Å²) in [6.07, 6.45) is -4.95. The van der Waals surface area contributed by atoms with Crippen molar-refractivity contribution in [3.63, 3.8) is 0 Å². The van der Waals surface area contributed by atoms with Crippen LogP contribution >= 0.6 is 11.6 Å². The molecular formula is C9H7ClF3NO2. The molecule has 1 rings (SSSR count). The molecule has 0 aromatic carbocycles. The standard InChI is InChI=1S/C9H7ClF3NO2/c1-16-8(15)4-6-5(10)2-3-7(14-6)9(11,12)13/h2-3H,4H2,1H3. The summed E-state index contributed by atoms with van der Waals surface area (Å²) in [5, 5.41) is -0.00148. The maximum atomic E-state index is 12.3. The van der Waals surface area contributed by atoms with E-state index in [1.165, 1.54) is 0 Å². The van der Waals surface area contributed by atoms with Gasteiger partial charge in [0, 0.05) is 0 Å². The summed E-state index contributed by atoms with van der Waals surface area (Å²) < 4.78 is 41.2. The van der Waals surface area contributed by atoms with E-state index in [1.807, 2.05) is 0 Å². The molecule has 0 unspecified atom stereocenters. The van der Waals surface area contributed by atoms with Gasteiger partial charge in [0.25, 0.3) is 0 Å². The second kappa shape index (κ2) is 4.69. The molecule has 0 N–H and O–H groups in total. The van der Waals surface area contributed by atoms with Gasteiger partial charge >= 0.3 is 12.1 Å².